The molecule has 1 saturated carbocycles. The van der Waals surface area contributed by atoms with E-state index in [0.29, 0.717) is 11.4 Å². The molecule has 0 bridgehead atoms. The van der Waals surface area contributed by atoms with Gasteiger partial charge in [-0.15, -0.1) is 0 Å². The lowest BCUT2D eigenvalue weighted by Gasteiger charge is -2.22. The van der Waals surface area contributed by atoms with E-state index in [2.05, 4.69) is 15.6 Å². The lowest BCUT2D eigenvalue weighted by molar-refractivity contribution is -0.136. The molecule has 1 aliphatic carbocycles. The topological polar surface area (TPSA) is 91.3 Å². The quantitative estimate of drug-likeness (QED) is 0.786. The third-order valence-electron chi connectivity index (χ3n) is 3.36. The molecule has 0 radical (unpaired) electrons. The molecule has 1 fully saturated rings. The summed E-state index contributed by atoms with van der Waals surface area (Å²) in [7, 11) is 0. The molecule has 1 aliphatic rings. The van der Waals surface area contributed by atoms with Gasteiger partial charge < -0.3 is 15.7 Å². The van der Waals surface area contributed by atoms with E-state index in [1.807, 2.05) is 0 Å². The van der Waals surface area contributed by atoms with E-state index >= 15 is 0 Å². The number of urea groups is 1. The van der Waals surface area contributed by atoms with Crippen molar-refractivity contribution in [2.75, 3.05) is 5.32 Å². The van der Waals surface area contributed by atoms with Crippen LogP contribution < -0.4 is 10.6 Å². The predicted octanol–water partition coefficient (Wildman–Crippen LogP) is 2.16. The summed E-state index contributed by atoms with van der Waals surface area (Å²) in [5.41, 5.74) is 1.03. The van der Waals surface area contributed by atoms with Crippen molar-refractivity contribution in [2.45, 2.75) is 44.6 Å². The highest BCUT2D eigenvalue weighted by Crippen LogP contribution is 2.17. The van der Waals surface area contributed by atoms with Gasteiger partial charge in [0.15, 0.2) is 0 Å². The molecule has 1 aromatic heterocycles. The fourth-order valence-electron chi connectivity index (χ4n) is 2.36. The first-order valence-corrected chi connectivity index (χ1v) is 6.88. The average Bonchev–Trinajstić information content (AvgIpc) is 2.41. The summed E-state index contributed by atoms with van der Waals surface area (Å²) in [5.74, 6) is -0.923. The number of anilines is 1. The first-order chi connectivity index (χ1) is 9.63. The Labute approximate surface area is 117 Å². The minimum Gasteiger partial charge on any atom is -0.481 e. The SMILES string of the molecule is O=C(O)Cc1ccc(NC(=O)NC2CCCCC2)cn1. The largest absolute Gasteiger partial charge is 0.481 e. The van der Waals surface area contributed by atoms with Crippen molar-refractivity contribution in [3.63, 3.8) is 0 Å². The number of nitrogens with one attached hydrogen (secondary N) is 2. The highest BCUT2D eigenvalue weighted by atomic mass is 16.4. The average molecular weight is 277 g/mol. The molecule has 1 aromatic rings. The molecule has 1 heterocycles. The number of carbonyl (C=O) groups excluding carboxylic acids is 1. The van der Waals surface area contributed by atoms with Crippen LogP contribution in [0.2, 0.25) is 0 Å². The molecule has 0 atom stereocenters. The Morgan fingerprint density at radius 1 is 1.25 bits per heavy atom. The smallest absolute Gasteiger partial charge is 0.319 e. The van der Waals surface area contributed by atoms with Crippen molar-refractivity contribution in [3.05, 3.63) is 24.0 Å². The number of amides is 2. The van der Waals surface area contributed by atoms with Crippen molar-refractivity contribution in [2.24, 2.45) is 0 Å². The summed E-state index contributed by atoms with van der Waals surface area (Å²) in [5, 5.41) is 14.3. The predicted molar refractivity (Wildman–Crippen MR) is 74.6 cm³/mol. The molecule has 2 rings (SSSR count). The Balaban J connectivity index is 1.82. The first kappa shape index (κ1) is 14.3. The monoisotopic (exact) mass is 277 g/mol. The number of hydrogen-bond donors (Lipinski definition) is 3. The van der Waals surface area contributed by atoms with Crippen LogP contribution in [-0.4, -0.2) is 28.1 Å². The van der Waals surface area contributed by atoms with Crippen molar-refractivity contribution in [3.8, 4) is 0 Å². The summed E-state index contributed by atoms with van der Waals surface area (Å²) >= 11 is 0. The fourth-order valence-corrected chi connectivity index (χ4v) is 2.36. The molecular weight excluding hydrogens is 258 g/mol. The van der Waals surface area contributed by atoms with Crippen LogP contribution in [0.1, 0.15) is 37.8 Å². The van der Waals surface area contributed by atoms with Crippen LogP contribution in [0.3, 0.4) is 0 Å². The molecule has 0 aliphatic heterocycles. The van der Waals surface area contributed by atoms with Gasteiger partial charge in [-0.2, -0.15) is 0 Å². The molecular formula is C14H19N3O3. The van der Waals surface area contributed by atoms with E-state index in [0.717, 1.165) is 25.7 Å². The summed E-state index contributed by atoms with van der Waals surface area (Å²) in [6.07, 6.45) is 6.99. The van der Waals surface area contributed by atoms with Gasteiger partial charge in [-0.1, -0.05) is 19.3 Å². The molecule has 0 unspecified atom stereocenters. The van der Waals surface area contributed by atoms with E-state index in [1.165, 1.54) is 12.6 Å². The summed E-state index contributed by atoms with van der Waals surface area (Å²) in [6.45, 7) is 0. The van der Waals surface area contributed by atoms with Crippen LogP contribution in [0.15, 0.2) is 18.3 Å². The summed E-state index contributed by atoms with van der Waals surface area (Å²) < 4.78 is 0. The maximum absolute atomic E-state index is 11.8. The number of nitrogens with zero attached hydrogens (tertiary/aromatic N) is 1. The Kier molecular flexibility index (Phi) is 4.92. The zero-order valence-corrected chi connectivity index (χ0v) is 11.3. The minimum atomic E-state index is -0.923. The van der Waals surface area contributed by atoms with E-state index in [1.54, 1.807) is 12.1 Å². The highest BCUT2D eigenvalue weighted by Gasteiger charge is 2.15. The number of carbonyl (C=O) groups is 2. The Morgan fingerprint density at radius 2 is 2.00 bits per heavy atom. The molecule has 6 heteroatoms. The molecule has 2 amide bonds. The van der Waals surface area contributed by atoms with Gasteiger partial charge in [0.2, 0.25) is 0 Å². The summed E-state index contributed by atoms with van der Waals surface area (Å²) in [6, 6.07) is 3.28. The van der Waals surface area contributed by atoms with E-state index < -0.39 is 5.97 Å². The number of aromatic nitrogens is 1. The zero-order chi connectivity index (χ0) is 14.4. The van der Waals surface area contributed by atoms with Crippen LogP contribution in [0.5, 0.6) is 0 Å². The Bertz CT molecular complexity index is 467. The number of pyridine rings is 1. The fraction of sp³-hybridized carbons (Fsp3) is 0.500. The van der Waals surface area contributed by atoms with Crippen LogP contribution in [0, 0.1) is 0 Å². The number of aliphatic carboxylic acids is 1. The maximum Gasteiger partial charge on any atom is 0.319 e. The van der Waals surface area contributed by atoms with Gasteiger partial charge in [0.05, 0.1) is 24.0 Å². The van der Waals surface area contributed by atoms with Gasteiger partial charge in [0, 0.05) is 6.04 Å². The van der Waals surface area contributed by atoms with Crippen molar-refractivity contribution >= 4 is 17.7 Å². The molecule has 6 nitrogen and oxygen atoms in total. The van der Waals surface area contributed by atoms with Crippen molar-refractivity contribution < 1.29 is 14.7 Å². The van der Waals surface area contributed by atoms with Gasteiger partial charge in [-0.05, 0) is 25.0 Å². The van der Waals surface area contributed by atoms with Gasteiger partial charge >= 0.3 is 12.0 Å². The molecule has 3 N–H and O–H groups in total. The van der Waals surface area contributed by atoms with E-state index in [4.69, 9.17) is 5.11 Å². The zero-order valence-electron chi connectivity index (χ0n) is 11.3. The second-order valence-electron chi connectivity index (χ2n) is 5.04. The van der Waals surface area contributed by atoms with Gasteiger partial charge in [-0.3, -0.25) is 9.78 Å². The van der Waals surface area contributed by atoms with E-state index in [-0.39, 0.29) is 18.5 Å². The molecule has 20 heavy (non-hydrogen) atoms. The molecule has 0 spiro atoms. The maximum atomic E-state index is 11.8. The molecule has 0 aromatic carbocycles. The van der Waals surface area contributed by atoms with Crippen LogP contribution in [0.4, 0.5) is 10.5 Å². The van der Waals surface area contributed by atoms with Crippen LogP contribution in [-0.2, 0) is 11.2 Å². The third-order valence-corrected chi connectivity index (χ3v) is 3.36. The minimum absolute atomic E-state index is 0.117. The second-order valence-corrected chi connectivity index (χ2v) is 5.04. The van der Waals surface area contributed by atoms with Crippen LogP contribution >= 0.6 is 0 Å². The van der Waals surface area contributed by atoms with Crippen LogP contribution in [0.25, 0.3) is 0 Å². The number of carboxylic acid groups (broad SMARTS) is 1. The first-order valence-electron chi connectivity index (χ1n) is 6.88. The lowest BCUT2D eigenvalue weighted by Crippen LogP contribution is -2.39. The van der Waals surface area contributed by atoms with Crippen molar-refractivity contribution in [1.82, 2.24) is 10.3 Å². The Hall–Kier alpha value is -2.11. The van der Waals surface area contributed by atoms with Crippen molar-refractivity contribution in [1.29, 1.82) is 0 Å². The normalized spacial score (nSPS) is 15.6. The Morgan fingerprint density at radius 3 is 2.60 bits per heavy atom. The number of hydrogen-bond acceptors (Lipinski definition) is 3. The lowest BCUT2D eigenvalue weighted by atomic mass is 9.96. The molecule has 108 valence electrons. The highest BCUT2D eigenvalue weighted by molar-refractivity contribution is 5.89. The van der Waals surface area contributed by atoms with Gasteiger partial charge in [-0.25, -0.2) is 4.79 Å². The van der Waals surface area contributed by atoms with E-state index in [9.17, 15) is 9.59 Å². The van der Waals surface area contributed by atoms with Gasteiger partial charge in [0.1, 0.15) is 0 Å². The third kappa shape index (κ3) is 4.53. The second kappa shape index (κ2) is 6.88. The number of carboxylic acids is 1. The summed E-state index contributed by atoms with van der Waals surface area (Å²) in [4.78, 5) is 26.3. The standard InChI is InChI=1S/C14H19N3O3/c18-13(19)8-11-6-7-12(9-15-11)17-14(20)16-10-4-2-1-3-5-10/h6-7,9-10H,1-5,8H2,(H,18,19)(H2,16,17,20). The number of rotatable bonds is 4. The molecule has 0 saturated heterocycles. The van der Waals surface area contributed by atoms with Gasteiger partial charge in [0.25, 0.3) is 0 Å².